The molecule has 0 bridgehead atoms. The van der Waals surface area contributed by atoms with E-state index >= 15 is 0 Å². The van der Waals surface area contributed by atoms with Crippen molar-refractivity contribution in [2.45, 2.75) is 0 Å². The van der Waals surface area contributed by atoms with Crippen LogP contribution in [0.5, 0.6) is 17.2 Å². The first-order chi connectivity index (χ1) is 12.8. The molecular formula is C17H11Br4NO5. The predicted octanol–water partition coefficient (Wildman–Crippen LogP) is 5.56. The summed E-state index contributed by atoms with van der Waals surface area (Å²) >= 11 is 13.6. The maximum absolute atomic E-state index is 13.1. The molecular weight excluding hydrogens is 618 g/mol. The summed E-state index contributed by atoms with van der Waals surface area (Å²) in [5.74, 6) is 0.108. The second kappa shape index (κ2) is 7.73. The van der Waals surface area contributed by atoms with Crippen LogP contribution in [-0.4, -0.2) is 33.1 Å². The van der Waals surface area contributed by atoms with Crippen LogP contribution < -0.4 is 19.1 Å². The van der Waals surface area contributed by atoms with Crippen LogP contribution in [0, 0.1) is 0 Å². The summed E-state index contributed by atoms with van der Waals surface area (Å²) in [6, 6.07) is 3.10. The Morgan fingerprint density at radius 1 is 0.704 bits per heavy atom. The Hall–Kier alpha value is -1.10. The topological polar surface area (TPSA) is 65.1 Å². The number of carbonyl (C=O) groups is 2. The third-order valence-corrected chi connectivity index (χ3v) is 8.78. The molecule has 3 rings (SSSR count). The van der Waals surface area contributed by atoms with E-state index in [-0.39, 0.29) is 11.1 Å². The highest BCUT2D eigenvalue weighted by molar-refractivity contribution is 9.15. The van der Waals surface area contributed by atoms with Crippen molar-refractivity contribution in [2.24, 2.45) is 0 Å². The molecule has 1 aliphatic rings. The number of carbonyl (C=O) groups excluding carboxylic acids is 2. The minimum Gasteiger partial charge on any atom is -0.493 e. The van der Waals surface area contributed by atoms with Crippen molar-refractivity contribution >= 4 is 81.2 Å². The Labute approximate surface area is 188 Å². The largest absolute Gasteiger partial charge is 0.493 e. The van der Waals surface area contributed by atoms with Gasteiger partial charge in [-0.1, -0.05) is 0 Å². The molecule has 0 spiro atoms. The Kier molecular flexibility index (Phi) is 5.90. The molecule has 0 saturated carbocycles. The lowest BCUT2D eigenvalue weighted by atomic mass is 10.1. The molecule has 0 unspecified atom stereocenters. The van der Waals surface area contributed by atoms with Crippen LogP contribution in [0.4, 0.5) is 5.69 Å². The zero-order valence-electron chi connectivity index (χ0n) is 14.2. The van der Waals surface area contributed by atoms with Gasteiger partial charge in [-0.15, -0.1) is 0 Å². The fourth-order valence-corrected chi connectivity index (χ4v) is 5.24. The van der Waals surface area contributed by atoms with Crippen molar-refractivity contribution in [1.29, 1.82) is 0 Å². The molecule has 0 saturated heterocycles. The summed E-state index contributed by atoms with van der Waals surface area (Å²) in [7, 11) is 4.40. The lowest BCUT2D eigenvalue weighted by Gasteiger charge is -2.18. The van der Waals surface area contributed by atoms with Crippen molar-refractivity contribution in [2.75, 3.05) is 26.2 Å². The Balaban J connectivity index is 2.24. The molecule has 6 nitrogen and oxygen atoms in total. The number of hydrogen-bond acceptors (Lipinski definition) is 5. The van der Waals surface area contributed by atoms with Gasteiger partial charge in [0.2, 0.25) is 5.75 Å². The van der Waals surface area contributed by atoms with E-state index in [4.69, 9.17) is 14.2 Å². The highest BCUT2D eigenvalue weighted by Crippen LogP contribution is 2.48. The zero-order valence-corrected chi connectivity index (χ0v) is 20.5. The number of hydrogen-bond donors (Lipinski definition) is 0. The molecule has 10 heteroatoms. The monoisotopic (exact) mass is 625 g/mol. The third-order valence-electron chi connectivity index (χ3n) is 4.01. The number of benzene rings is 2. The molecule has 1 aliphatic heterocycles. The van der Waals surface area contributed by atoms with Gasteiger partial charge in [-0.05, 0) is 63.7 Å². The number of nitrogens with zero attached hydrogens (tertiary/aromatic N) is 1. The van der Waals surface area contributed by atoms with Gasteiger partial charge in [-0.2, -0.15) is 0 Å². The number of fused-ring (bicyclic) bond motifs is 1. The Morgan fingerprint density at radius 3 is 1.44 bits per heavy atom. The van der Waals surface area contributed by atoms with Crippen LogP contribution in [0.2, 0.25) is 0 Å². The Morgan fingerprint density at radius 2 is 1.11 bits per heavy atom. The molecule has 1 heterocycles. The van der Waals surface area contributed by atoms with Crippen molar-refractivity contribution in [3.8, 4) is 17.2 Å². The molecule has 0 aliphatic carbocycles. The quantitative estimate of drug-likeness (QED) is 0.252. The van der Waals surface area contributed by atoms with Crippen molar-refractivity contribution in [3.63, 3.8) is 0 Å². The van der Waals surface area contributed by atoms with E-state index in [1.807, 2.05) is 0 Å². The van der Waals surface area contributed by atoms with Crippen LogP contribution in [0.25, 0.3) is 0 Å². The first-order valence-electron chi connectivity index (χ1n) is 7.33. The minimum atomic E-state index is -0.468. The smallest absolute Gasteiger partial charge is 0.267 e. The second-order valence-electron chi connectivity index (χ2n) is 5.34. The van der Waals surface area contributed by atoms with Gasteiger partial charge in [0.1, 0.15) is 0 Å². The number of rotatable bonds is 4. The van der Waals surface area contributed by atoms with Gasteiger partial charge in [0, 0.05) is 30.0 Å². The summed E-state index contributed by atoms with van der Waals surface area (Å²) < 4.78 is 18.2. The highest BCUT2D eigenvalue weighted by atomic mass is 79.9. The van der Waals surface area contributed by atoms with E-state index in [0.29, 0.717) is 40.8 Å². The van der Waals surface area contributed by atoms with Crippen LogP contribution >= 0.6 is 63.7 Å². The van der Waals surface area contributed by atoms with E-state index in [1.165, 1.54) is 21.3 Å². The molecule has 142 valence electrons. The van der Waals surface area contributed by atoms with E-state index in [9.17, 15) is 9.59 Å². The van der Waals surface area contributed by atoms with Crippen molar-refractivity contribution in [1.82, 2.24) is 0 Å². The average molecular weight is 629 g/mol. The fourth-order valence-electron chi connectivity index (χ4n) is 2.78. The van der Waals surface area contributed by atoms with E-state index in [2.05, 4.69) is 63.7 Å². The summed E-state index contributed by atoms with van der Waals surface area (Å²) in [5, 5.41) is 0. The summed E-state index contributed by atoms with van der Waals surface area (Å²) in [6.07, 6.45) is 0. The average Bonchev–Trinajstić information content (AvgIpc) is 2.93. The van der Waals surface area contributed by atoms with Crippen LogP contribution in [-0.2, 0) is 0 Å². The molecule has 0 radical (unpaired) electrons. The molecule has 0 N–H and O–H groups in total. The molecule has 2 aromatic rings. The number of methoxy groups -OCH3 is 3. The summed E-state index contributed by atoms with van der Waals surface area (Å²) in [4.78, 5) is 27.3. The maximum atomic E-state index is 13.1. The molecule has 0 fully saturated rings. The normalized spacial score (nSPS) is 13.1. The molecule has 2 aromatic carbocycles. The summed E-state index contributed by atoms with van der Waals surface area (Å²) in [5.41, 5.74) is 0.827. The molecule has 0 aromatic heterocycles. The van der Waals surface area contributed by atoms with Gasteiger partial charge >= 0.3 is 0 Å². The first-order valence-corrected chi connectivity index (χ1v) is 10.5. The Bertz CT molecular complexity index is 920. The number of imide groups is 1. The van der Waals surface area contributed by atoms with Crippen LogP contribution in [0.3, 0.4) is 0 Å². The first kappa shape index (κ1) is 20.6. The van der Waals surface area contributed by atoms with Crippen molar-refractivity contribution in [3.05, 3.63) is 41.2 Å². The number of amides is 2. The van der Waals surface area contributed by atoms with Crippen LogP contribution in [0.15, 0.2) is 30.0 Å². The third kappa shape index (κ3) is 3.10. The van der Waals surface area contributed by atoms with E-state index < -0.39 is 11.8 Å². The lowest BCUT2D eigenvalue weighted by Crippen LogP contribution is -2.29. The van der Waals surface area contributed by atoms with Gasteiger partial charge in [-0.3, -0.25) is 9.59 Å². The molecule has 27 heavy (non-hydrogen) atoms. The van der Waals surface area contributed by atoms with Gasteiger partial charge < -0.3 is 14.2 Å². The lowest BCUT2D eigenvalue weighted by molar-refractivity contribution is 0.0925. The van der Waals surface area contributed by atoms with Gasteiger partial charge in [0.15, 0.2) is 11.5 Å². The standard InChI is InChI=1S/C17H11Br4NO5/c1-25-7-4-6(5-8(26-2)15(7)27-3)22-16(23)9-10(17(22)24)12(19)14(21)13(20)11(9)18/h4-5H,1-3H3. The maximum Gasteiger partial charge on any atom is 0.267 e. The van der Waals surface area contributed by atoms with E-state index in [1.54, 1.807) is 12.1 Å². The van der Waals surface area contributed by atoms with Gasteiger partial charge in [-0.25, -0.2) is 4.90 Å². The number of ether oxygens (including phenoxy) is 3. The van der Waals surface area contributed by atoms with Crippen molar-refractivity contribution < 1.29 is 23.8 Å². The molecule has 2 amide bonds. The highest BCUT2D eigenvalue weighted by Gasteiger charge is 2.42. The molecule has 0 atom stereocenters. The van der Waals surface area contributed by atoms with Gasteiger partial charge in [0.25, 0.3) is 11.8 Å². The second-order valence-corrected chi connectivity index (χ2v) is 8.51. The van der Waals surface area contributed by atoms with Gasteiger partial charge in [0.05, 0.1) is 38.1 Å². The summed E-state index contributed by atoms with van der Waals surface area (Å²) in [6.45, 7) is 0. The predicted molar refractivity (Wildman–Crippen MR) is 114 cm³/mol. The minimum absolute atomic E-state index is 0.260. The van der Waals surface area contributed by atoms with E-state index in [0.717, 1.165) is 4.90 Å². The SMILES string of the molecule is COc1cc(N2C(=O)c3c(Br)c(Br)c(Br)c(Br)c3C2=O)cc(OC)c1OC. The van der Waals surface area contributed by atoms with Crippen LogP contribution in [0.1, 0.15) is 20.7 Å². The number of anilines is 1. The number of halogens is 4. The zero-order chi connectivity index (χ0) is 20.0. The fraction of sp³-hybridized carbons (Fsp3) is 0.176.